The summed E-state index contributed by atoms with van der Waals surface area (Å²) >= 11 is 1.49. The molecule has 0 radical (unpaired) electrons. The van der Waals surface area contributed by atoms with Gasteiger partial charge in [0, 0.05) is 17.1 Å². The number of rotatable bonds is 4. The Kier molecular flexibility index (Phi) is 9.09. The smallest absolute Gasteiger partial charge is 0.0565 e. The molecule has 0 aliphatic rings. The summed E-state index contributed by atoms with van der Waals surface area (Å²) in [5.41, 5.74) is 6.28. The minimum Gasteiger partial charge on any atom is -0.399 e. The van der Waals surface area contributed by atoms with Crippen molar-refractivity contribution in [2.75, 3.05) is 18.9 Å². The van der Waals surface area contributed by atoms with Gasteiger partial charge in [0.2, 0.25) is 0 Å². The average Bonchev–Trinajstić information content (AvgIpc) is 2.20. The molecule has 0 aliphatic carbocycles. The van der Waals surface area contributed by atoms with Crippen molar-refractivity contribution >= 4 is 17.6 Å². The lowest BCUT2D eigenvalue weighted by atomic mass is 10.3. The fourth-order valence-electron chi connectivity index (χ4n) is 0.716. The summed E-state index contributed by atoms with van der Waals surface area (Å²) in [4.78, 5) is 1.10. The normalized spacial score (nSPS) is 9.81. The van der Waals surface area contributed by atoms with Gasteiger partial charge in [0.1, 0.15) is 0 Å². The maximum absolute atomic E-state index is 8.49. The zero-order valence-electron chi connectivity index (χ0n) is 10.2. The molecule has 0 bridgehead atoms. The molecule has 4 heteroatoms. The van der Waals surface area contributed by atoms with Gasteiger partial charge >= 0.3 is 0 Å². The zero-order valence-corrected chi connectivity index (χ0v) is 11.1. The van der Waals surface area contributed by atoms with Gasteiger partial charge in [-0.1, -0.05) is 20.8 Å². The number of nitrogens with one attached hydrogen (secondary N) is 1. The van der Waals surface area contributed by atoms with Crippen LogP contribution in [0.1, 0.15) is 20.8 Å². The molecule has 0 atom stereocenters. The van der Waals surface area contributed by atoms with Gasteiger partial charge in [0.05, 0.1) is 6.61 Å². The van der Waals surface area contributed by atoms with Crippen molar-refractivity contribution < 1.29 is 5.11 Å². The minimum absolute atomic E-state index is 0.155. The highest BCUT2D eigenvalue weighted by Crippen LogP contribution is 2.15. The van der Waals surface area contributed by atoms with Crippen LogP contribution in [0, 0.1) is 5.92 Å². The van der Waals surface area contributed by atoms with E-state index in [1.165, 1.54) is 11.9 Å². The maximum atomic E-state index is 8.49. The molecule has 92 valence electrons. The molecule has 0 saturated heterocycles. The Hall–Kier alpha value is -0.710. The summed E-state index contributed by atoms with van der Waals surface area (Å²) in [7, 11) is 0. The Balaban J connectivity index is 0.000000487. The second-order valence-electron chi connectivity index (χ2n) is 4.02. The first-order valence-corrected chi connectivity index (χ1v) is 6.24. The number of benzene rings is 1. The Labute approximate surface area is 103 Å². The van der Waals surface area contributed by atoms with Crippen molar-refractivity contribution in [3.8, 4) is 0 Å². The van der Waals surface area contributed by atoms with Crippen molar-refractivity contribution in [2.45, 2.75) is 25.7 Å². The number of hydrogen-bond acceptors (Lipinski definition) is 4. The summed E-state index contributed by atoms with van der Waals surface area (Å²) in [5, 5.41) is 8.49. The van der Waals surface area contributed by atoms with Crippen LogP contribution in [-0.4, -0.2) is 18.3 Å². The lowest BCUT2D eigenvalue weighted by molar-refractivity contribution is 0.302. The molecule has 0 aliphatic heterocycles. The van der Waals surface area contributed by atoms with E-state index in [4.69, 9.17) is 10.8 Å². The SMILES string of the molecule is CC(C)C.Nc1ccc(SNCCO)cc1. The number of anilines is 1. The van der Waals surface area contributed by atoms with Crippen LogP contribution in [0.15, 0.2) is 29.2 Å². The van der Waals surface area contributed by atoms with Crippen LogP contribution in [0.4, 0.5) is 5.69 Å². The monoisotopic (exact) mass is 242 g/mol. The van der Waals surface area contributed by atoms with E-state index in [1.807, 2.05) is 24.3 Å². The van der Waals surface area contributed by atoms with Crippen LogP contribution in [-0.2, 0) is 0 Å². The third kappa shape index (κ3) is 9.83. The van der Waals surface area contributed by atoms with Crippen LogP contribution in [0.5, 0.6) is 0 Å². The number of aliphatic hydroxyl groups excluding tert-OH is 1. The van der Waals surface area contributed by atoms with Crippen LogP contribution in [0.25, 0.3) is 0 Å². The third-order valence-electron chi connectivity index (χ3n) is 1.28. The summed E-state index contributed by atoms with van der Waals surface area (Å²) in [6.07, 6.45) is 0. The molecule has 0 unspecified atom stereocenters. The first-order chi connectivity index (χ1) is 7.56. The van der Waals surface area contributed by atoms with Gasteiger partial charge in [-0.2, -0.15) is 0 Å². The molecule has 0 heterocycles. The summed E-state index contributed by atoms with van der Waals surface area (Å²) in [5.74, 6) is 0.833. The van der Waals surface area contributed by atoms with Crippen LogP contribution in [0.2, 0.25) is 0 Å². The molecular weight excluding hydrogens is 220 g/mol. The van der Waals surface area contributed by atoms with Gasteiger partial charge in [0.15, 0.2) is 0 Å². The molecule has 0 saturated carbocycles. The first kappa shape index (κ1) is 15.3. The van der Waals surface area contributed by atoms with Gasteiger partial charge in [-0.3, -0.25) is 4.72 Å². The van der Waals surface area contributed by atoms with Gasteiger partial charge < -0.3 is 10.8 Å². The second kappa shape index (κ2) is 9.51. The van der Waals surface area contributed by atoms with Gasteiger partial charge in [-0.05, 0) is 42.1 Å². The maximum Gasteiger partial charge on any atom is 0.0565 e. The Bertz CT molecular complexity index is 259. The number of nitrogen functional groups attached to an aromatic ring is 1. The molecule has 1 rings (SSSR count). The Morgan fingerprint density at radius 1 is 1.25 bits per heavy atom. The molecular formula is C12H22N2OS. The van der Waals surface area contributed by atoms with Gasteiger partial charge in [0.25, 0.3) is 0 Å². The minimum atomic E-state index is 0.155. The summed E-state index contributed by atoms with van der Waals surface area (Å²) < 4.78 is 3.00. The average molecular weight is 242 g/mol. The molecule has 3 nitrogen and oxygen atoms in total. The van der Waals surface area contributed by atoms with E-state index in [9.17, 15) is 0 Å². The molecule has 4 N–H and O–H groups in total. The Morgan fingerprint density at radius 3 is 2.19 bits per heavy atom. The van der Waals surface area contributed by atoms with E-state index in [2.05, 4.69) is 25.5 Å². The highest BCUT2D eigenvalue weighted by atomic mass is 32.2. The van der Waals surface area contributed by atoms with E-state index in [0.29, 0.717) is 6.54 Å². The first-order valence-electron chi connectivity index (χ1n) is 5.42. The standard InChI is InChI=1S/C8H12N2OS.C4H10/c9-7-1-3-8(4-2-7)12-10-5-6-11;1-4(2)3/h1-4,10-11H,5-6,9H2;4H,1-3H3. The van der Waals surface area contributed by atoms with Gasteiger partial charge in [-0.25, -0.2) is 0 Å². The fraction of sp³-hybridized carbons (Fsp3) is 0.500. The van der Waals surface area contributed by atoms with E-state index in [-0.39, 0.29) is 6.61 Å². The molecule has 1 aromatic carbocycles. The molecule has 0 fully saturated rings. The van der Waals surface area contributed by atoms with Crippen molar-refractivity contribution in [1.29, 1.82) is 0 Å². The van der Waals surface area contributed by atoms with Crippen LogP contribution >= 0.6 is 11.9 Å². The number of aliphatic hydroxyl groups is 1. The highest BCUT2D eigenvalue weighted by Gasteiger charge is 1.91. The van der Waals surface area contributed by atoms with Crippen molar-refractivity contribution in [2.24, 2.45) is 5.92 Å². The summed E-state index contributed by atoms with van der Waals surface area (Å²) in [6.45, 7) is 7.25. The Morgan fingerprint density at radius 2 is 1.75 bits per heavy atom. The molecule has 1 aromatic rings. The van der Waals surface area contributed by atoms with Crippen molar-refractivity contribution in [3.05, 3.63) is 24.3 Å². The predicted molar refractivity (Wildman–Crippen MR) is 72.3 cm³/mol. The zero-order chi connectivity index (χ0) is 12.4. The van der Waals surface area contributed by atoms with Crippen molar-refractivity contribution in [1.82, 2.24) is 4.72 Å². The van der Waals surface area contributed by atoms with Crippen molar-refractivity contribution in [3.63, 3.8) is 0 Å². The predicted octanol–water partition coefficient (Wildman–Crippen LogP) is 2.52. The number of hydrogen-bond donors (Lipinski definition) is 3. The van der Waals surface area contributed by atoms with Gasteiger partial charge in [-0.15, -0.1) is 0 Å². The van der Waals surface area contributed by atoms with E-state index in [0.717, 1.165) is 16.5 Å². The third-order valence-corrected chi connectivity index (χ3v) is 2.14. The highest BCUT2D eigenvalue weighted by molar-refractivity contribution is 7.97. The van der Waals surface area contributed by atoms with Crippen LogP contribution in [0.3, 0.4) is 0 Å². The largest absolute Gasteiger partial charge is 0.399 e. The molecule has 0 aromatic heterocycles. The summed E-state index contributed by atoms with van der Waals surface area (Å²) in [6, 6.07) is 7.57. The quantitative estimate of drug-likeness (QED) is 0.431. The molecule has 0 spiro atoms. The number of nitrogens with two attached hydrogens (primary N) is 1. The fourth-order valence-corrected chi connectivity index (χ4v) is 1.35. The van der Waals surface area contributed by atoms with Crippen LogP contribution < -0.4 is 10.5 Å². The second-order valence-corrected chi connectivity index (χ2v) is 4.99. The molecule has 16 heavy (non-hydrogen) atoms. The van der Waals surface area contributed by atoms with E-state index in [1.54, 1.807) is 0 Å². The topological polar surface area (TPSA) is 58.3 Å². The van der Waals surface area contributed by atoms with E-state index >= 15 is 0 Å². The molecule has 0 amide bonds. The lowest BCUT2D eigenvalue weighted by Gasteiger charge is -2.01. The van der Waals surface area contributed by atoms with E-state index < -0.39 is 0 Å². The lowest BCUT2D eigenvalue weighted by Crippen LogP contribution is -2.08.